The Hall–Kier alpha value is -4.86. The molecule has 2 aliphatic rings. The van der Waals surface area contributed by atoms with Crippen LogP contribution >= 0.6 is 0 Å². The minimum absolute atomic E-state index is 0.00377. The van der Waals surface area contributed by atoms with E-state index in [2.05, 4.69) is 20.9 Å². The van der Waals surface area contributed by atoms with Gasteiger partial charge < -0.3 is 25.6 Å². The Morgan fingerprint density at radius 2 is 1.81 bits per heavy atom. The number of aryl methyl sites for hydroxylation is 1. The van der Waals surface area contributed by atoms with Gasteiger partial charge in [0.1, 0.15) is 17.3 Å². The molecule has 1 fully saturated rings. The molecular weight excluding hydrogens is 629 g/mol. The summed E-state index contributed by atoms with van der Waals surface area (Å²) in [6.45, 7) is 7.92. The highest BCUT2D eigenvalue weighted by atomic mass is 19.4. The highest BCUT2D eigenvalue weighted by Gasteiger charge is 2.43. The maximum atomic E-state index is 15.2. The summed E-state index contributed by atoms with van der Waals surface area (Å²) in [6.07, 6.45) is -4.78. The molecule has 0 saturated carbocycles. The van der Waals surface area contributed by atoms with Crippen molar-refractivity contribution in [2.24, 2.45) is 0 Å². The van der Waals surface area contributed by atoms with E-state index in [4.69, 9.17) is 9.72 Å². The van der Waals surface area contributed by atoms with Crippen LogP contribution in [0.25, 0.3) is 11.3 Å². The van der Waals surface area contributed by atoms with E-state index in [-0.39, 0.29) is 46.7 Å². The van der Waals surface area contributed by atoms with Crippen LogP contribution in [0, 0.1) is 18.6 Å². The quantitative estimate of drug-likeness (QED) is 0.194. The van der Waals surface area contributed by atoms with E-state index in [1.807, 2.05) is 6.92 Å². The topological polar surface area (TPSA) is 129 Å². The fourth-order valence-electron chi connectivity index (χ4n) is 5.46. The van der Waals surface area contributed by atoms with Gasteiger partial charge in [0.05, 0.1) is 17.8 Å². The molecular formula is C31H32F5N7O4. The molecule has 0 radical (unpaired) electrons. The highest BCUT2D eigenvalue weighted by Crippen LogP contribution is 2.44. The lowest BCUT2D eigenvalue weighted by molar-refractivity contribution is -0.189. The normalized spacial score (nSPS) is 16.8. The van der Waals surface area contributed by atoms with Crippen molar-refractivity contribution in [3.63, 3.8) is 0 Å². The second-order valence-electron chi connectivity index (χ2n) is 11.5. The molecule has 11 nitrogen and oxygen atoms in total. The maximum absolute atomic E-state index is 15.2. The Kier molecular flexibility index (Phi) is 9.34. The van der Waals surface area contributed by atoms with Gasteiger partial charge in [-0.25, -0.2) is 28.3 Å². The van der Waals surface area contributed by atoms with Gasteiger partial charge in [-0.2, -0.15) is 18.2 Å². The van der Waals surface area contributed by atoms with Crippen LogP contribution in [0.5, 0.6) is 5.75 Å². The summed E-state index contributed by atoms with van der Waals surface area (Å²) in [5.41, 5.74) is -1.13. The molecule has 2 aromatic carbocycles. The molecule has 1 atom stereocenters. The van der Waals surface area contributed by atoms with Gasteiger partial charge >= 0.3 is 18.2 Å². The number of hydrogen-bond acceptors (Lipinski definition) is 8. The van der Waals surface area contributed by atoms with Crippen LogP contribution in [0.15, 0.2) is 30.3 Å². The standard InChI is InChI=1S/C31H32F5N7O4/c1-15(2)39-27(44)18-10-9-16(3)22(25(18)47-28(45)31(34,35)36)23-19-14-38-30(46)43(24-20(32)7-5-8-21(24)33)26(19)41-29(40-23)42-12-6-11-37-13-17(42)4/h5,7-10,15,17,37H,6,11-14H2,1-4H3,(H,38,46)(H,39,44). The number of rotatable bonds is 6. The fraction of sp³-hybridized carbons (Fsp3) is 0.387. The molecule has 3 heterocycles. The van der Waals surface area contributed by atoms with Gasteiger partial charge in [-0.05, 0) is 64.4 Å². The third kappa shape index (κ3) is 6.68. The number of hydrogen-bond donors (Lipinski definition) is 3. The molecule has 16 heteroatoms. The average molecular weight is 662 g/mol. The summed E-state index contributed by atoms with van der Waals surface area (Å²) in [7, 11) is 0. The first-order valence-electron chi connectivity index (χ1n) is 14.8. The summed E-state index contributed by atoms with van der Waals surface area (Å²) in [5.74, 6) is -6.55. The van der Waals surface area contributed by atoms with Gasteiger partial charge in [0, 0.05) is 36.3 Å². The van der Waals surface area contributed by atoms with Crippen molar-refractivity contribution in [2.75, 3.05) is 29.4 Å². The van der Waals surface area contributed by atoms with Gasteiger partial charge in [0.2, 0.25) is 5.95 Å². The molecule has 5 rings (SSSR count). The smallest absolute Gasteiger partial charge is 0.418 e. The number of urea groups is 1. The molecule has 0 bridgehead atoms. The molecule has 1 aromatic heterocycles. The molecule has 0 spiro atoms. The molecule has 3 amide bonds. The highest BCUT2D eigenvalue weighted by molar-refractivity contribution is 6.04. The summed E-state index contributed by atoms with van der Waals surface area (Å²) in [6, 6.07) is 4.11. The Bertz CT molecular complexity index is 1710. The van der Waals surface area contributed by atoms with Crippen LogP contribution in [0.3, 0.4) is 0 Å². The third-order valence-electron chi connectivity index (χ3n) is 7.64. The Balaban J connectivity index is 1.86. The van der Waals surface area contributed by atoms with Crippen molar-refractivity contribution in [3.8, 4) is 17.0 Å². The Morgan fingerprint density at radius 1 is 1.11 bits per heavy atom. The van der Waals surface area contributed by atoms with Crippen molar-refractivity contribution in [1.29, 1.82) is 0 Å². The molecule has 3 aromatic rings. The van der Waals surface area contributed by atoms with E-state index in [9.17, 15) is 27.6 Å². The minimum atomic E-state index is -5.43. The number of carbonyl (C=O) groups excluding carboxylic acids is 3. The van der Waals surface area contributed by atoms with Gasteiger partial charge in [0.15, 0.2) is 11.6 Å². The van der Waals surface area contributed by atoms with Crippen LogP contribution < -0.4 is 30.5 Å². The lowest BCUT2D eigenvalue weighted by Crippen LogP contribution is -2.44. The molecule has 0 aliphatic carbocycles. The summed E-state index contributed by atoms with van der Waals surface area (Å²) < 4.78 is 76.1. The van der Waals surface area contributed by atoms with Crippen molar-refractivity contribution in [3.05, 3.63) is 58.7 Å². The minimum Gasteiger partial charge on any atom is -0.418 e. The van der Waals surface area contributed by atoms with E-state index < -0.39 is 58.8 Å². The second-order valence-corrected chi connectivity index (χ2v) is 11.5. The van der Waals surface area contributed by atoms with Gasteiger partial charge in [-0.15, -0.1) is 0 Å². The SMILES string of the molecule is Cc1ccc(C(=O)NC(C)C)c(OC(=O)C(F)(F)F)c1-c1nc(N2CCCNCC2C)nc2c1CNC(=O)N2c1c(F)cccc1F. The van der Waals surface area contributed by atoms with E-state index in [0.717, 1.165) is 18.2 Å². The Labute approximate surface area is 266 Å². The number of benzene rings is 2. The summed E-state index contributed by atoms with van der Waals surface area (Å²) in [5, 5.41) is 8.38. The number of esters is 1. The number of fused-ring (bicyclic) bond motifs is 1. The van der Waals surface area contributed by atoms with Crippen molar-refractivity contribution >= 4 is 35.4 Å². The van der Waals surface area contributed by atoms with Crippen molar-refractivity contribution in [1.82, 2.24) is 25.9 Å². The van der Waals surface area contributed by atoms with Crippen molar-refractivity contribution in [2.45, 2.75) is 58.9 Å². The van der Waals surface area contributed by atoms with E-state index >= 15 is 8.78 Å². The zero-order valence-corrected chi connectivity index (χ0v) is 25.9. The first kappa shape index (κ1) is 33.5. The molecule has 1 saturated heterocycles. The third-order valence-corrected chi connectivity index (χ3v) is 7.64. The van der Waals surface area contributed by atoms with Crippen LogP contribution in [0.2, 0.25) is 0 Å². The van der Waals surface area contributed by atoms with Crippen LogP contribution in [0.1, 0.15) is 48.7 Å². The van der Waals surface area contributed by atoms with E-state index in [1.165, 1.54) is 19.1 Å². The molecule has 1 unspecified atom stereocenters. The van der Waals surface area contributed by atoms with E-state index in [0.29, 0.717) is 31.0 Å². The molecule has 47 heavy (non-hydrogen) atoms. The Morgan fingerprint density at radius 3 is 2.47 bits per heavy atom. The predicted molar refractivity (Wildman–Crippen MR) is 162 cm³/mol. The number of ether oxygens (including phenoxy) is 1. The zero-order valence-electron chi connectivity index (χ0n) is 25.9. The number of alkyl halides is 3. The van der Waals surface area contributed by atoms with Crippen molar-refractivity contribution < 1.29 is 41.1 Å². The molecule has 3 N–H and O–H groups in total. The van der Waals surface area contributed by atoms with Gasteiger partial charge in [-0.1, -0.05) is 12.1 Å². The number of halogens is 5. The number of amides is 3. The van der Waals surface area contributed by atoms with Gasteiger partial charge in [-0.3, -0.25) is 4.79 Å². The average Bonchev–Trinajstić information content (AvgIpc) is 3.21. The second kappa shape index (κ2) is 13.1. The van der Waals surface area contributed by atoms with Crippen LogP contribution in [-0.4, -0.2) is 65.8 Å². The monoisotopic (exact) mass is 661 g/mol. The summed E-state index contributed by atoms with van der Waals surface area (Å²) >= 11 is 0. The lowest BCUT2D eigenvalue weighted by Gasteiger charge is -2.33. The lowest BCUT2D eigenvalue weighted by atomic mass is 9.95. The number of aromatic nitrogens is 2. The molecule has 250 valence electrons. The first-order valence-corrected chi connectivity index (χ1v) is 14.8. The maximum Gasteiger partial charge on any atom is 0.491 e. The molecule has 2 aliphatic heterocycles. The zero-order chi connectivity index (χ0) is 34.2. The van der Waals surface area contributed by atoms with Crippen LogP contribution in [0.4, 0.5) is 44.2 Å². The fourth-order valence-corrected chi connectivity index (χ4v) is 5.46. The largest absolute Gasteiger partial charge is 0.491 e. The first-order chi connectivity index (χ1) is 22.2. The van der Waals surface area contributed by atoms with E-state index in [1.54, 1.807) is 18.7 Å². The number of anilines is 3. The predicted octanol–water partition coefficient (Wildman–Crippen LogP) is 4.89. The number of nitrogens with one attached hydrogen (secondary N) is 3. The number of nitrogens with zero attached hydrogens (tertiary/aromatic N) is 4. The van der Waals surface area contributed by atoms with Gasteiger partial charge in [0.25, 0.3) is 5.91 Å². The number of carbonyl (C=O) groups is 3. The number of para-hydroxylation sites is 1. The van der Waals surface area contributed by atoms with Crippen LogP contribution in [-0.2, 0) is 11.3 Å². The summed E-state index contributed by atoms with van der Waals surface area (Å²) in [4.78, 5) is 50.7.